The second-order valence-electron chi connectivity index (χ2n) is 6.94. The highest BCUT2D eigenvalue weighted by molar-refractivity contribution is 7.89. The molecule has 148 valence electrons. The SMILES string of the molecule is CN(CCC1CCC(COS(C)(=O)=O)CC1)S(=O)(=O)c1ccc(Cl)cc1. The van der Waals surface area contributed by atoms with Crippen LogP contribution in [-0.2, 0) is 24.3 Å². The third-order valence-corrected chi connectivity index (χ3v) is 7.55. The van der Waals surface area contributed by atoms with Crippen LogP contribution in [0, 0.1) is 11.8 Å². The van der Waals surface area contributed by atoms with Crippen molar-refractivity contribution in [2.24, 2.45) is 11.8 Å². The van der Waals surface area contributed by atoms with Crippen molar-refractivity contribution in [3.63, 3.8) is 0 Å². The maximum absolute atomic E-state index is 12.6. The monoisotopic (exact) mass is 423 g/mol. The molecule has 26 heavy (non-hydrogen) atoms. The number of benzene rings is 1. The summed E-state index contributed by atoms with van der Waals surface area (Å²) >= 11 is 5.81. The fourth-order valence-corrected chi connectivity index (χ4v) is 4.93. The van der Waals surface area contributed by atoms with Crippen LogP contribution in [0.2, 0.25) is 5.02 Å². The molecule has 0 spiro atoms. The normalized spacial score (nSPS) is 21.8. The molecule has 0 heterocycles. The zero-order chi connectivity index (χ0) is 19.4. The number of rotatable bonds is 8. The third kappa shape index (κ3) is 6.49. The zero-order valence-corrected chi connectivity index (χ0v) is 17.5. The van der Waals surface area contributed by atoms with E-state index in [0.717, 1.165) is 38.4 Å². The van der Waals surface area contributed by atoms with E-state index < -0.39 is 20.1 Å². The fraction of sp³-hybridized carbons (Fsp3) is 0.647. The first-order valence-corrected chi connectivity index (χ1v) is 12.3. The summed E-state index contributed by atoms with van der Waals surface area (Å²) in [6.07, 6.45) is 5.61. The summed E-state index contributed by atoms with van der Waals surface area (Å²) in [5.41, 5.74) is 0. The van der Waals surface area contributed by atoms with Crippen molar-refractivity contribution in [2.45, 2.75) is 37.0 Å². The van der Waals surface area contributed by atoms with Crippen LogP contribution in [0.15, 0.2) is 29.2 Å². The average molecular weight is 424 g/mol. The maximum Gasteiger partial charge on any atom is 0.264 e. The van der Waals surface area contributed by atoms with Crippen molar-refractivity contribution in [2.75, 3.05) is 26.5 Å². The highest BCUT2D eigenvalue weighted by atomic mass is 35.5. The lowest BCUT2D eigenvalue weighted by atomic mass is 9.81. The maximum atomic E-state index is 12.6. The van der Waals surface area contributed by atoms with Crippen molar-refractivity contribution in [3.8, 4) is 0 Å². The molecule has 1 aliphatic rings. The van der Waals surface area contributed by atoms with Gasteiger partial charge in [-0.1, -0.05) is 24.4 Å². The lowest BCUT2D eigenvalue weighted by Crippen LogP contribution is -2.30. The Morgan fingerprint density at radius 1 is 1.04 bits per heavy atom. The van der Waals surface area contributed by atoms with Crippen LogP contribution < -0.4 is 0 Å². The van der Waals surface area contributed by atoms with Crippen LogP contribution >= 0.6 is 11.6 Å². The summed E-state index contributed by atoms with van der Waals surface area (Å²) in [7, 11) is -5.30. The van der Waals surface area contributed by atoms with Crippen LogP contribution in [0.1, 0.15) is 32.1 Å². The Hall–Kier alpha value is -0.670. The molecule has 1 fully saturated rings. The molecule has 2 rings (SSSR count). The molecule has 0 bridgehead atoms. The van der Waals surface area contributed by atoms with Gasteiger partial charge in [0.1, 0.15) is 0 Å². The van der Waals surface area contributed by atoms with Gasteiger partial charge in [0.25, 0.3) is 10.1 Å². The molecule has 0 aromatic heterocycles. The summed E-state index contributed by atoms with van der Waals surface area (Å²) in [4.78, 5) is 0.242. The Bertz CT molecular complexity index is 785. The summed E-state index contributed by atoms with van der Waals surface area (Å²) in [6.45, 7) is 0.705. The fourth-order valence-electron chi connectivity index (χ4n) is 3.18. The van der Waals surface area contributed by atoms with Crippen molar-refractivity contribution >= 4 is 31.7 Å². The number of halogens is 1. The summed E-state index contributed by atoms with van der Waals surface area (Å²) in [5, 5.41) is 0.503. The molecular weight excluding hydrogens is 398 g/mol. The number of nitrogens with zero attached hydrogens (tertiary/aromatic N) is 1. The lowest BCUT2D eigenvalue weighted by molar-refractivity contribution is 0.181. The summed E-state index contributed by atoms with van der Waals surface area (Å²) < 4.78 is 53.5. The highest BCUT2D eigenvalue weighted by Gasteiger charge is 2.25. The van der Waals surface area contributed by atoms with Crippen molar-refractivity contribution in [1.82, 2.24) is 4.31 Å². The molecule has 0 unspecified atom stereocenters. The van der Waals surface area contributed by atoms with Gasteiger partial charge in [-0.15, -0.1) is 0 Å². The van der Waals surface area contributed by atoms with Gasteiger partial charge in [-0.05, 0) is 55.4 Å². The minimum absolute atomic E-state index is 0.242. The van der Waals surface area contributed by atoms with E-state index in [0.29, 0.717) is 17.5 Å². The van der Waals surface area contributed by atoms with E-state index in [-0.39, 0.29) is 17.4 Å². The Kier molecular flexibility index (Phi) is 7.50. The van der Waals surface area contributed by atoms with Gasteiger partial charge >= 0.3 is 0 Å². The van der Waals surface area contributed by atoms with Crippen LogP contribution in [0.3, 0.4) is 0 Å². The van der Waals surface area contributed by atoms with E-state index >= 15 is 0 Å². The molecule has 0 amide bonds. The molecule has 0 aliphatic heterocycles. The van der Waals surface area contributed by atoms with Crippen LogP contribution in [0.25, 0.3) is 0 Å². The zero-order valence-electron chi connectivity index (χ0n) is 15.1. The Morgan fingerprint density at radius 3 is 2.12 bits per heavy atom. The van der Waals surface area contributed by atoms with Crippen molar-refractivity contribution < 1.29 is 21.0 Å². The molecule has 1 aromatic carbocycles. The predicted octanol–water partition coefficient (Wildman–Crippen LogP) is 3.13. The first kappa shape index (κ1) is 21.6. The largest absolute Gasteiger partial charge is 0.270 e. The molecule has 9 heteroatoms. The van der Waals surface area contributed by atoms with E-state index in [4.69, 9.17) is 15.8 Å². The van der Waals surface area contributed by atoms with E-state index in [1.807, 2.05) is 0 Å². The van der Waals surface area contributed by atoms with E-state index in [2.05, 4.69) is 0 Å². The number of hydrogen-bond donors (Lipinski definition) is 0. The molecule has 1 saturated carbocycles. The summed E-state index contributed by atoms with van der Waals surface area (Å²) in [6, 6.07) is 6.17. The highest BCUT2D eigenvalue weighted by Crippen LogP contribution is 2.31. The topological polar surface area (TPSA) is 80.8 Å². The van der Waals surface area contributed by atoms with Crippen molar-refractivity contribution in [1.29, 1.82) is 0 Å². The molecule has 1 aliphatic carbocycles. The van der Waals surface area contributed by atoms with Gasteiger partial charge in [0, 0.05) is 18.6 Å². The minimum Gasteiger partial charge on any atom is -0.270 e. The molecule has 0 radical (unpaired) electrons. The van der Waals surface area contributed by atoms with Gasteiger partial charge in [0.15, 0.2) is 0 Å². The minimum atomic E-state index is -3.50. The van der Waals surface area contributed by atoms with Crippen LogP contribution in [0.4, 0.5) is 0 Å². The molecule has 0 atom stereocenters. The van der Waals surface area contributed by atoms with Gasteiger partial charge in [-0.3, -0.25) is 4.18 Å². The molecule has 0 saturated heterocycles. The van der Waals surface area contributed by atoms with Gasteiger partial charge in [0.2, 0.25) is 10.0 Å². The Morgan fingerprint density at radius 2 is 1.58 bits per heavy atom. The summed E-state index contributed by atoms with van der Waals surface area (Å²) in [5.74, 6) is 0.712. The second-order valence-corrected chi connectivity index (χ2v) is 11.1. The van der Waals surface area contributed by atoms with E-state index in [1.54, 1.807) is 19.2 Å². The first-order chi connectivity index (χ1) is 12.1. The van der Waals surface area contributed by atoms with E-state index in [9.17, 15) is 16.8 Å². The van der Waals surface area contributed by atoms with E-state index in [1.165, 1.54) is 16.4 Å². The average Bonchev–Trinajstić information content (AvgIpc) is 2.58. The molecule has 6 nitrogen and oxygen atoms in total. The van der Waals surface area contributed by atoms with Crippen LogP contribution in [-0.4, -0.2) is 47.6 Å². The van der Waals surface area contributed by atoms with Gasteiger partial charge < -0.3 is 0 Å². The van der Waals surface area contributed by atoms with Gasteiger partial charge in [-0.2, -0.15) is 8.42 Å². The first-order valence-electron chi connectivity index (χ1n) is 8.64. The second kappa shape index (κ2) is 9.01. The standard InChI is InChI=1S/C17H26ClNO5S2/c1-19(26(22,23)17-9-7-16(18)8-10-17)12-11-14-3-5-15(6-4-14)13-24-25(2,20)21/h7-10,14-15H,3-6,11-13H2,1-2H3. The van der Waals surface area contributed by atoms with Crippen molar-refractivity contribution in [3.05, 3.63) is 29.3 Å². The number of sulfonamides is 1. The number of hydrogen-bond acceptors (Lipinski definition) is 5. The Labute approximate surface area is 161 Å². The van der Waals surface area contributed by atoms with Gasteiger partial charge in [0.05, 0.1) is 17.8 Å². The smallest absolute Gasteiger partial charge is 0.264 e. The third-order valence-electron chi connectivity index (χ3n) is 4.86. The van der Waals surface area contributed by atoms with Gasteiger partial charge in [-0.25, -0.2) is 12.7 Å². The molecule has 1 aromatic rings. The van der Waals surface area contributed by atoms with Crippen LogP contribution in [0.5, 0.6) is 0 Å². The lowest BCUT2D eigenvalue weighted by Gasteiger charge is -2.29. The quantitative estimate of drug-likeness (QED) is 0.600. The Balaban J connectivity index is 1.79. The molecule has 0 N–H and O–H groups in total. The predicted molar refractivity (Wildman–Crippen MR) is 102 cm³/mol. The molecular formula is C17H26ClNO5S2.